The van der Waals surface area contributed by atoms with Crippen molar-refractivity contribution in [3.8, 4) is 17.9 Å². The SMILES string of the molecule is CN(N)c1c(N)nc(N(CC(F)F)c2ccnc(C#CC(C)(C)C#N)c2)c2c(F)c(F)ccc12. The van der Waals surface area contributed by atoms with Crippen molar-refractivity contribution in [2.75, 3.05) is 29.2 Å². The van der Waals surface area contributed by atoms with E-state index in [4.69, 9.17) is 16.8 Å². The van der Waals surface area contributed by atoms with Gasteiger partial charge in [0.2, 0.25) is 0 Å². The molecule has 1 aromatic carbocycles. The van der Waals surface area contributed by atoms with E-state index < -0.39 is 30.0 Å². The number of benzene rings is 1. The number of hydrazine groups is 1. The highest BCUT2D eigenvalue weighted by Crippen LogP contribution is 2.40. The highest BCUT2D eigenvalue weighted by atomic mass is 19.3. The Bertz CT molecular complexity index is 1340. The molecule has 0 saturated carbocycles. The van der Waals surface area contributed by atoms with Crippen molar-refractivity contribution in [2.24, 2.45) is 11.3 Å². The van der Waals surface area contributed by atoms with Gasteiger partial charge in [-0.25, -0.2) is 33.4 Å². The number of fused-ring (bicyclic) bond motifs is 1. The van der Waals surface area contributed by atoms with Gasteiger partial charge in [0.1, 0.15) is 22.6 Å². The Morgan fingerprint density at radius 2 is 1.91 bits per heavy atom. The predicted octanol–water partition coefficient (Wildman–Crippen LogP) is 4.10. The Labute approximate surface area is 193 Å². The summed E-state index contributed by atoms with van der Waals surface area (Å²) < 4.78 is 56.5. The van der Waals surface area contributed by atoms with Gasteiger partial charge in [-0.1, -0.05) is 5.92 Å². The van der Waals surface area contributed by atoms with E-state index in [1.165, 1.54) is 31.4 Å². The third kappa shape index (κ3) is 4.95. The zero-order valence-corrected chi connectivity index (χ0v) is 18.6. The summed E-state index contributed by atoms with van der Waals surface area (Å²) in [5, 5.41) is 9.95. The smallest absolute Gasteiger partial charge is 0.256 e. The Morgan fingerprint density at radius 1 is 1.21 bits per heavy atom. The summed E-state index contributed by atoms with van der Waals surface area (Å²) in [6.45, 7) is 2.31. The van der Waals surface area contributed by atoms with Crippen LogP contribution in [0.4, 0.5) is 40.6 Å². The number of aromatic nitrogens is 2. The maximum absolute atomic E-state index is 15.0. The lowest BCUT2D eigenvalue weighted by atomic mass is 9.97. The van der Waals surface area contributed by atoms with E-state index in [2.05, 4.69) is 21.8 Å². The number of alkyl halides is 2. The van der Waals surface area contributed by atoms with Gasteiger partial charge in [0.05, 0.1) is 18.0 Å². The molecule has 0 atom stereocenters. The van der Waals surface area contributed by atoms with E-state index in [0.29, 0.717) is 0 Å². The molecular formula is C23H21F4N7. The van der Waals surface area contributed by atoms with Gasteiger partial charge in [0, 0.05) is 24.3 Å². The molecule has 0 bridgehead atoms. The Morgan fingerprint density at radius 3 is 2.53 bits per heavy atom. The van der Waals surface area contributed by atoms with Crippen LogP contribution in [-0.2, 0) is 0 Å². The number of nitrogens with two attached hydrogens (primary N) is 2. The van der Waals surface area contributed by atoms with Crippen LogP contribution in [0.2, 0.25) is 0 Å². The van der Waals surface area contributed by atoms with Gasteiger partial charge in [0.25, 0.3) is 6.43 Å². The van der Waals surface area contributed by atoms with Crippen molar-refractivity contribution < 1.29 is 17.6 Å². The van der Waals surface area contributed by atoms with Crippen LogP contribution in [-0.4, -0.2) is 30.0 Å². The van der Waals surface area contributed by atoms with Crippen LogP contribution in [0, 0.1) is 40.2 Å². The number of hydrogen-bond donors (Lipinski definition) is 2. The minimum atomic E-state index is -2.87. The average Bonchev–Trinajstić information content (AvgIpc) is 2.78. The Balaban J connectivity index is 2.30. The standard InChI is InChI=1S/C23H21F4N7/c1-23(2,12-28)8-6-13-10-14(7-9-31-13)34(11-17(25)26)22-18-15(4-5-16(24)19(18)27)20(33(3)30)21(29)32-22/h4-5,7,9-10,17H,11,30H2,1-3H3,(H2,29,32). The van der Waals surface area contributed by atoms with Gasteiger partial charge in [-0.3, -0.25) is 0 Å². The molecular weight excluding hydrogens is 450 g/mol. The molecule has 0 spiro atoms. The molecule has 0 aliphatic carbocycles. The number of nitrogens with zero attached hydrogens (tertiary/aromatic N) is 5. The lowest BCUT2D eigenvalue weighted by molar-refractivity contribution is 0.158. The van der Waals surface area contributed by atoms with Crippen molar-refractivity contribution in [2.45, 2.75) is 20.3 Å². The first kappa shape index (κ1) is 24.6. The predicted molar refractivity (Wildman–Crippen MR) is 122 cm³/mol. The van der Waals surface area contributed by atoms with E-state index in [9.17, 15) is 13.2 Å². The summed E-state index contributed by atoms with van der Waals surface area (Å²) in [5.41, 5.74) is 5.50. The minimum Gasteiger partial charge on any atom is -0.382 e. The molecule has 0 aliphatic heterocycles. The van der Waals surface area contributed by atoms with E-state index in [-0.39, 0.29) is 39.5 Å². The van der Waals surface area contributed by atoms with Crippen LogP contribution in [0.3, 0.4) is 0 Å². The summed E-state index contributed by atoms with van der Waals surface area (Å²) in [6, 6.07) is 6.95. The summed E-state index contributed by atoms with van der Waals surface area (Å²) in [6.07, 6.45) is -1.55. The third-order valence-corrected chi connectivity index (χ3v) is 4.81. The number of pyridine rings is 2. The largest absolute Gasteiger partial charge is 0.382 e. The van der Waals surface area contributed by atoms with Crippen LogP contribution in [0.25, 0.3) is 10.8 Å². The number of hydrogen-bond acceptors (Lipinski definition) is 7. The van der Waals surface area contributed by atoms with E-state index in [1.807, 2.05) is 6.07 Å². The van der Waals surface area contributed by atoms with Crippen LogP contribution in [0.15, 0.2) is 30.5 Å². The number of rotatable bonds is 5. The fourth-order valence-electron chi connectivity index (χ4n) is 3.25. The zero-order valence-electron chi connectivity index (χ0n) is 18.6. The molecule has 11 heteroatoms. The summed E-state index contributed by atoms with van der Waals surface area (Å²) in [7, 11) is 1.43. The molecule has 0 unspecified atom stereocenters. The molecule has 0 amide bonds. The molecule has 4 N–H and O–H groups in total. The molecule has 34 heavy (non-hydrogen) atoms. The lowest BCUT2D eigenvalue weighted by Gasteiger charge is -2.27. The van der Waals surface area contributed by atoms with Crippen LogP contribution >= 0.6 is 0 Å². The van der Waals surface area contributed by atoms with E-state index in [0.717, 1.165) is 16.0 Å². The van der Waals surface area contributed by atoms with Crippen molar-refractivity contribution in [1.29, 1.82) is 5.26 Å². The normalized spacial score (nSPS) is 11.2. The Hall–Kier alpha value is -4.09. The van der Waals surface area contributed by atoms with Crippen molar-refractivity contribution in [1.82, 2.24) is 9.97 Å². The molecule has 0 aliphatic rings. The van der Waals surface area contributed by atoms with Crippen LogP contribution in [0.5, 0.6) is 0 Å². The van der Waals surface area contributed by atoms with Gasteiger partial charge in [0.15, 0.2) is 17.5 Å². The summed E-state index contributed by atoms with van der Waals surface area (Å²) in [5.74, 6) is 8.31. The number of halogens is 4. The average molecular weight is 471 g/mol. The van der Waals surface area contributed by atoms with Crippen molar-refractivity contribution in [3.05, 3.63) is 47.8 Å². The maximum atomic E-state index is 15.0. The van der Waals surface area contributed by atoms with Gasteiger partial charge in [-0.15, -0.1) is 0 Å². The lowest BCUT2D eigenvalue weighted by Crippen LogP contribution is -2.29. The van der Waals surface area contributed by atoms with Gasteiger partial charge in [-0.05, 0) is 44.0 Å². The first-order valence-electron chi connectivity index (χ1n) is 9.97. The molecule has 7 nitrogen and oxygen atoms in total. The fraction of sp³-hybridized carbons (Fsp3) is 0.261. The topological polar surface area (TPSA) is 108 Å². The van der Waals surface area contributed by atoms with Gasteiger partial charge < -0.3 is 15.6 Å². The quantitative estimate of drug-likeness (QED) is 0.250. The van der Waals surface area contributed by atoms with Crippen LogP contribution < -0.4 is 21.5 Å². The highest BCUT2D eigenvalue weighted by molar-refractivity contribution is 6.05. The van der Waals surface area contributed by atoms with Gasteiger partial charge in [-0.2, -0.15) is 5.26 Å². The number of nitrogen functional groups attached to an aromatic ring is 1. The monoisotopic (exact) mass is 471 g/mol. The number of anilines is 4. The van der Waals surface area contributed by atoms with E-state index in [1.54, 1.807) is 13.8 Å². The second-order valence-corrected chi connectivity index (χ2v) is 7.95. The maximum Gasteiger partial charge on any atom is 0.256 e. The molecule has 0 saturated heterocycles. The molecule has 2 aromatic heterocycles. The third-order valence-electron chi connectivity index (χ3n) is 4.81. The molecule has 176 valence electrons. The summed E-state index contributed by atoms with van der Waals surface area (Å²) >= 11 is 0. The minimum absolute atomic E-state index is 0.0931. The zero-order chi connectivity index (χ0) is 25.2. The highest BCUT2D eigenvalue weighted by Gasteiger charge is 2.26. The molecule has 0 fully saturated rings. The fourth-order valence-corrected chi connectivity index (χ4v) is 3.25. The first-order valence-corrected chi connectivity index (χ1v) is 9.97. The first-order chi connectivity index (χ1) is 15.9. The molecule has 0 radical (unpaired) electrons. The second kappa shape index (κ2) is 9.41. The summed E-state index contributed by atoms with van der Waals surface area (Å²) in [4.78, 5) is 9.21. The van der Waals surface area contributed by atoms with Crippen molar-refractivity contribution >= 4 is 33.8 Å². The molecule has 3 aromatic rings. The molecule has 3 rings (SSSR count). The van der Waals surface area contributed by atoms with E-state index >= 15 is 4.39 Å². The molecule has 2 heterocycles. The van der Waals surface area contributed by atoms with Crippen LogP contribution in [0.1, 0.15) is 19.5 Å². The number of nitriles is 1. The van der Waals surface area contributed by atoms with Crippen molar-refractivity contribution in [3.63, 3.8) is 0 Å². The second-order valence-electron chi connectivity index (χ2n) is 7.95. The van der Waals surface area contributed by atoms with Gasteiger partial charge >= 0.3 is 0 Å². The Kier molecular flexibility index (Phi) is 6.80.